The van der Waals surface area contributed by atoms with Crippen LogP contribution in [0.4, 0.5) is 0 Å². The van der Waals surface area contributed by atoms with E-state index < -0.39 is 22.0 Å². The molecule has 9 nitrogen and oxygen atoms in total. The van der Waals surface area contributed by atoms with Gasteiger partial charge in [0, 0.05) is 26.2 Å². The van der Waals surface area contributed by atoms with Crippen molar-refractivity contribution < 1.29 is 32.5 Å². The van der Waals surface area contributed by atoms with Crippen molar-refractivity contribution >= 4 is 15.9 Å². The van der Waals surface area contributed by atoms with Gasteiger partial charge in [0.2, 0.25) is 15.8 Å². The molecule has 2 aromatic carbocycles. The smallest absolute Gasteiger partial charge is 0.251 e. The second-order valence-corrected chi connectivity index (χ2v) is 8.63. The van der Waals surface area contributed by atoms with E-state index in [0.717, 1.165) is 4.31 Å². The normalized spacial score (nSPS) is 12.3. The molecule has 0 aliphatic carbocycles. The zero-order chi connectivity index (χ0) is 22.3. The molecule has 1 amide bonds. The number of carbonyl (C=O) groups is 1. The van der Waals surface area contributed by atoms with E-state index in [9.17, 15) is 18.3 Å². The first kappa shape index (κ1) is 23.5. The molecule has 0 saturated heterocycles. The number of nitrogens with one attached hydrogen (secondary N) is 1. The Morgan fingerprint density at radius 3 is 2.13 bits per heavy atom. The second kappa shape index (κ2) is 10.3. The third-order valence-electron chi connectivity index (χ3n) is 4.20. The van der Waals surface area contributed by atoms with Gasteiger partial charge in [0.25, 0.3) is 5.91 Å². The number of hydrogen-bond donors (Lipinski definition) is 2. The molecule has 30 heavy (non-hydrogen) atoms. The monoisotopic (exact) mass is 438 g/mol. The van der Waals surface area contributed by atoms with Gasteiger partial charge in [-0.1, -0.05) is 6.07 Å². The van der Waals surface area contributed by atoms with Crippen molar-refractivity contribution in [2.75, 3.05) is 41.5 Å². The number of hydrogen-bond acceptors (Lipinski definition) is 7. The van der Waals surface area contributed by atoms with E-state index in [1.165, 1.54) is 52.6 Å². The molecular weight excluding hydrogens is 412 g/mol. The van der Waals surface area contributed by atoms with Crippen LogP contribution in [0.1, 0.15) is 10.4 Å². The van der Waals surface area contributed by atoms with Crippen LogP contribution in [0.15, 0.2) is 47.4 Å². The van der Waals surface area contributed by atoms with Crippen LogP contribution in [0.5, 0.6) is 17.2 Å². The van der Waals surface area contributed by atoms with Gasteiger partial charge in [0.15, 0.2) is 11.5 Å². The topological polar surface area (TPSA) is 114 Å². The van der Waals surface area contributed by atoms with Gasteiger partial charge in [-0.3, -0.25) is 4.79 Å². The molecule has 2 aromatic rings. The van der Waals surface area contributed by atoms with E-state index >= 15 is 0 Å². The summed E-state index contributed by atoms with van der Waals surface area (Å²) in [6, 6.07) is 10.7. The van der Waals surface area contributed by atoms with Crippen molar-refractivity contribution in [3.63, 3.8) is 0 Å². The summed E-state index contributed by atoms with van der Waals surface area (Å²) in [4.78, 5) is 12.3. The summed E-state index contributed by atoms with van der Waals surface area (Å²) in [5, 5.41) is 12.7. The third kappa shape index (κ3) is 5.62. The number of amides is 1. The first-order valence-electron chi connectivity index (χ1n) is 9.03. The Morgan fingerprint density at radius 2 is 1.63 bits per heavy atom. The summed E-state index contributed by atoms with van der Waals surface area (Å²) >= 11 is 0. The summed E-state index contributed by atoms with van der Waals surface area (Å²) in [5.41, 5.74) is 0.271. The second-order valence-electron chi connectivity index (χ2n) is 6.48. The van der Waals surface area contributed by atoms with Crippen molar-refractivity contribution in [1.29, 1.82) is 0 Å². The molecule has 0 aromatic heterocycles. The fourth-order valence-corrected chi connectivity index (χ4v) is 3.40. The van der Waals surface area contributed by atoms with Crippen LogP contribution in [0.2, 0.25) is 0 Å². The Balaban J connectivity index is 1.92. The number of para-hydroxylation sites is 1. The van der Waals surface area contributed by atoms with Crippen LogP contribution < -0.4 is 19.5 Å². The Bertz CT molecular complexity index is 937. The fraction of sp³-hybridized carbons (Fsp3) is 0.350. The number of aliphatic hydroxyl groups excluding tert-OH is 1. The van der Waals surface area contributed by atoms with Crippen LogP contribution in [-0.2, 0) is 10.0 Å². The molecule has 0 aliphatic heterocycles. The Labute approximate surface area is 176 Å². The number of benzene rings is 2. The fourth-order valence-electron chi connectivity index (χ4n) is 2.50. The van der Waals surface area contributed by atoms with Crippen molar-refractivity contribution in [3.8, 4) is 17.2 Å². The number of ether oxygens (including phenoxy) is 3. The number of rotatable bonds is 10. The molecular formula is C20H26N2O7S. The minimum atomic E-state index is -3.57. The SMILES string of the molecule is COc1cccc(OC)c1OCC(O)CNC(=O)c1ccc(S(=O)(=O)N(C)C)cc1. The summed E-state index contributed by atoms with van der Waals surface area (Å²) < 4.78 is 41.3. The van der Waals surface area contributed by atoms with Crippen LogP contribution in [0.25, 0.3) is 0 Å². The number of nitrogens with zero attached hydrogens (tertiary/aromatic N) is 1. The molecule has 0 fully saturated rings. The van der Waals surface area contributed by atoms with Crippen LogP contribution in [-0.4, -0.2) is 71.3 Å². The zero-order valence-electron chi connectivity index (χ0n) is 17.3. The van der Waals surface area contributed by atoms with Crippen molar-refractivity contribution in [3.05, 3.63) is 48.0 Å². The Morgan fingerprint density at radius 1 is 1.07 bits per heavy atom. The predicted molar refractivity (Wildman–Crippen MR) is 111 cm³/mol. The highest BCUT2D eigenvalue weighted by Crippen LogP contribution is 2.36. The number of aliphatic hydroxyl groups is 1. The van der Waals surface area contributed by atoms with E-state index in [2.05, 4.69) is 5.32 Å². The number of methoxy groups -OCH3 is 2. The van der Waals surface area contributed by atoms with Gasteiger partial charge in [-0.05, 0) is 36.4 Å². The molecule has 0 heterocycles. The maximum atomic E-state index is 12.3. The summed E-state index contributed by atoms with van der Waals surface area (Å²) in [5.74, 6) is 0.819. The molecule has 0 radical (unpaired) electrons. The summed E-state index contributed by atoms with van der Waals surface area (Å²) in [7, 11) is 2.28. The van der Waals surface area contributed by atoms with Crippen LogP contribution >= 0.6 is 0 Å². The molecule has 0 aliphatic rings. The maximum absolute atomic E-state index is 12.3. The molecule has 10 heteroatoms. The lowest BCUT2D eigenvalue weighted by Gasteiger charge is -2.17. The first-order valence-corrected chi connectivity index (χ1v) is 10.5. The standard InChI is InChI=1S/C20H26N2O7S/c1-22(2)30(25,26)16-10-8-14(9-11-16)20(24)21-12-15(23)13-29-19-17(27-3)6-5-7-18(19)28-4/h5-11,15,23H,12-13H2,1-4H3,(H,21,24). The van der Waals surface area contributed by atoms with Crippen LogP contribution in [0.3, 0.4) is 0 Å². The molecule has 0 saturated carbocycles. The summed E-state index contributed by atoms with van der Waals surface area (Å²) in [6.45, 7) is -0.162. The van der Waals surface area contributed by atoms with E-state index in [1.807, 2.05) is 0 Å². The van der Waals surface area contributed by atoms with Gasteiger partial charge in [-0.2, -0.15) is 0 Å². The third-order valence-corrected chi connectivity index (χ3v) is 6.03. The van der Waals surface area contributed by atoms with Gasteiger partial charge < -0.3 is 24.6 Å². The molecule has 1 atom stereocenters. The summed E-state index contributed by atoms with van der Waals surface area (Å²) in [6.07, 6.45) is -0.989. The van der Waals surface area contributed by atoms with Gasteiger partial charge >= 0.3 is 0 Å². The Kier molecular flexibility index (Phi) is 8.04. The lowest BCUT2D eigenvalue weighted by molar-refractivity contribution is 0.0833. The Hall–Kier alpha value is -2.82. The zero-order valence-corrected chi connectivity index (χ0v) is 18.1. The molecule has 2 rings (SSSR count). The van der Waals surface area contributed by atoms with Crippen LogP contribution in [0, 0.1) is 0 Å². The van der Waals surface area contributed by atoms with Gasteiger partial charge in [0.1, 0.15) is 12.7 Å². The lowest BCUT2D eigenvalue weighted by atomic mass is 10.2. The number of sulfonamides is 1. The minimum Gasteiger partial charge on any atom is -0.493 e. The lowest BCUT2D eigenvalue weighted by Crippen LogP contribution is -2.35. The molecule has 164 valence electrons. The average Bonchev–Trinajstić information content (AvgIpc) is 2.75. The van der Waals surface area contributed by atoms with Gasteiger partial charge in [-0.25, -0.2) is 12.7 Å². The van der Waals surface area contributed by atoms with Crippen molar-refractivity contribution in [1.82, 2.24) is 9.62 Å². The number of carbonyl (C=O) groups excluding carboxylic acids is 1. The van der Waals surface area contributed by atoms with E-state index in [0.29, 0.717) is 17.2 Å². The predicted octanol–water partition coefficient (Wildman–Crippen LogP) is 1.12. The maximum Gasteiger partial charge on any atom is 0.251 e. The molecule has 0 spiro atoms. The average molecular weight is 439 g/mol. The highest BCUT2D eigenvalue weighted by molar-refractivity contribution is 7.89. The van der Waals surface area contributed by atoms with Gasteiger partial charge in [0.05, 0.1) is 19.1 Å². The van der Waals surface area contributed by atoms with E-state index in [4.69, 9.17) is 14.2 Å². The quantitative estimate of drug-likeness (QED) is 0.571. The van der Waals surface area contributed by atoms with E-state index in [-0.39, 0.29) is 23.6 Å². The van der Waals surface area contributed by atoms with Gasteiger partial charge in [-0.15, -0.1) is 0 Å². The van der Waals surface area contributed by atoms with Crippen molar-refractivity contribution in [2.45, 2.75) is 11.0 Å². The highest BCUT2D eigenvalue weighted by atomic mass is 32.2. The van der Waals surface area contributed by atoms with Crippen molar-refractivity contribution in [2.24, 2.45) is 0 Å². The first-order chi connectivity index (χ1) is 14.2. The largest absolute Gasteiger partial charge is 0.493 e. The molecule has 2 N–H and O–H groups in total. The highest BCUT2D eigenvalue weighted by Gasteiger charge is 2.18. The van der Waals surface area contributed by atoms with E-state index in [1.54, 1.807) is 18.2 Å². The molecule has 0 bridgehead atoms. The minimum absolute atomic E-state index is 0.0615. The molecule has 1 unspecified atom stereocenters.